The van der Waals surface area contributed by atoms with Gasteiger partial charge in [-0.2, -0.15) is 0 Å². The molecule has 0 fully saturated rings. The number of thiazole rings is 1. The number of aryl methyl sites for hydroxylation is 1. The van der Waals surface area contributed by atoms with Crippen molar-refractivity contribution in [1.82, 2.24) is 4.98 Å². The van der Waals surface area contributed by atoms with E-state index in [0.29, 0.717) is 20.8 Å². The van der Waals surface area contributed by atoms with E-state index in [1.165, 1.54) is 17.0 Å². The van der Waals surface area contributed by atoms with Crippen LogP contribution < -0.4 is 10.6 Å². The maximum Gasteiger partial charge on any atom is 0.189 e. The Morgan fingerprint density at radius 3 is 3.00 bits per heavy atom. The molecule has 0 aliphatic heterocycles. The predicted molar refractivity (Wildman–Crippen MR) is 99.6 cm³/mol. The van der Waals surface area contributed by atoms with Gasteiger partial charge in [-0.3, -0.25) is 0 Å². The molecule has 0 spiro atoms. The van der Waals surface area contributed by atoms with Gasteiger partial charge in [-0.25, -0.2) is 4.98 Å². The number of thiocarbonyl (C=S) groups is 1. The fourth-order valence-electron chi connectivity index (χ4n) is 2.44. The van der Waals surface area contributed by atoms with Gasteiger partial charge in [0.25, 0.3) is 0 Å². The molecule has 1 aliphatic carbocycles. The molecule has 1 aromatic carbocycles. The molecule has 0 bridgehead atoms. The lowest BCUT2D eigenvalue weighted by molar-refractivity contribution is 0.502. The first-order valence-electron chi connectivity index (χ1n) is 7.03. The summed E-state index contributed by atoms with van der Waals surface area (Å²) in [5.41, 5.74) is 1.88. The summed E-state index contributed by atoms with van der Waals surface area (Å²) in [4.78, 5) is 5.99. The summed E-state index contributed by atoms with van der Waals surface area (Å²) in [5.74, 6) is 0.733. The molecule has 0 radical (unpaired) electrons. The van der Waals surface area contributed by atoms with Gasteiger partial charge in [0, 0.05) is 4.88 Å². The Morgan fingerprint density at radius 1 is 1.36 bits per heavy atom. The molecular weight excluding hydrogens is 357 g/mol. The Kier molecular flexibility index (Phi) is 4.88. The number of benzene rings is 1. The fraction of sp³-hybridized carbons (Fsp3) is 0.333. The Balaban J connectivity index is 1.68. The molecule has 1 unspecified atom stereocenters. The second kappa shape index (κ2) is 6.71. The summed E-state index contributed by atoms with van der Waals surface area (Å²) in [6, 6.07) is 5.39. The van der Waals surface area contributed by atoms with Crippen LogP contribution in [0.3, 0.4) is 0 Å². The summed E-state index contributed by atoms with van der Waals surface area (Å²) in [7, 11) is 0. The minimum Gasteiger partial charge on any atom is -0.331 e. The summed E-state index contributed by atoms with van der Waals surface area (Å²) >= 11 is 19.1. The standard InChI is InChI=1S/C15H15Cl2N3S2/c1-8-5-6-10-12(7-8)22-15(19-10)20-14(21)18-11-4-2-3-9(16)13(11)17/h2-4,8H,5-7H2,1H3,(H2,18,19,20,21). The van der Waals surface area contributed by atoms with Crippen LogP contribution in [0.4, 0.5) is 10.8 Å². The van der Waals surface area contributed by atoms with Crippen molar-refractivity contribution in [2.75, 3.05) is 10.6 Å². The Bertz CT molecular complexity index is 715. The minimum absolute atomic E-state index is 0.459. The van der Waals surface area contributed by atoms with Crippen molar-refractivity contribution >= 4 is 62.7 Å². The van der Waals surface area contributed by atoms with E-state index in [9.17, 15) is 0 Å². The van der Waals surface area contributed by atoms with Crippen molar-refractivity contribution < 1.29 is 0 Å². The van der Waals surface area contributed by atoms with Gasteiger partial charge in [-0.15, -0.1) is 11.3 Å². The minimum atomic E-state index is 0.459. The average molecular weight is 372 g/mol. The maximum atomic E-state index is 6.14. The van der Waals surface area contributed by atoms with Gasteiger partial charge in [0.1, 0.15) is 0 Å². The number of halogens is 2. The number of nitrogens with zero attached hydrogens (tertiary/aromatic N) is 1. The van der Waals surface area contributed by atoms with E-state index in [1.54, 1.807) is 17.4 Å². The number of rotatable bonds is 2. The topological polar surface area (TPSA) is 37.0 Å². The summed E-state index contributed by atoms with van der Waals surface area (Å²) < 4.78 is 0. The molecule has 0 amide bonds. The Morgan fingerprint density at radius 2 is 2.18 bits per heavy atom. The molecule has 0 saturated heterocycles. The molecule has 22 heavy (non-hydrogen) atoms. The number of hydrogen-bond donors (Lipinski definition) is 2. The first-order valence-corrected chi connectivity index (χ1v) is 9.01. The summed E-state index contributed by atoms with van der Waals surface area (Å²) in [5, 5.41) is 8.44. The fourth-order valence-corrected chi connectivity index (χ4v) is 4.24. The largest absolute Gasteiger partial charge is 0.331 e. The molecule has 2 aromatic rings. The lowest BCUT2D eigenvalue weighted by atomic mass is 9.93. The summed E-state index contributed by atoms with van der Waals surface area (Å²) in [6.07, 6.45) is 3.36. The zero-order valence-electron chi connectivity index (χ0n) is 12.0. The highest BCUT2D eigenvalue weighted by Crippen LogP contribution is 2.33. The third-order valence-corrected chi connectivity index (χ3v) is 5.66. The third kappa shape index (κ3) is 3.54. The molecule has 1 atom stereocenters. The van der Waals surface area contributed by atoms with Gasteiger partial charge in [-0.1, -0.05) is 36.2 Å². The predicted octanol–water partition coefficient (Wildman–Crippen LogP) is 5.38. The van der Waals surface area contributed by atoms with Crippen LogP contribution >= 0.6 is 46.8 Å². The second-order valence-corrected chi connectivity index (χ2v) is 7.69. The lowest BCUT2D eigenvalue weighted by Gasteiger charge is -2.15. The van der Waals surface area contributed by atoms with Gasteiger partial charge in [0.15, 0.2) is 10.2 Å². The Labute approximate surface area is 149 Å². The van der Waals surface area contributed by atoms with Gasteiger partial charge >= 0.3 is 0 Å². The Hall–Kier alpha value is -0.880. The zero-order chi connectivity index (χ0) is 15.7. The van der Waals surface area contributed by atoms with E-state index in [4.69, 9.17) is 35.4 Å². The molecule has 0 saturated carbocycles. The smallest absolute Gasteiger partial charge is 0.189 e. The zero-order valence-corrected chi connectivity index (χ0v) is 15.1. The second-order valence-electron chi connectivity index (χ2n) is 5.42. The number of nitrogens with one attached hydrogen (secondary N) is 2. The van der Waals surface area contributed by atoms with Crippen molar-refractivity contribution in [3.05, 3.63) is 38.8 Å². The van der Waals surface area contributed by atoms with Crippen LogP contribution in [0, 0.1) is 5.92 Å². The van der Waals surface area contributed by atoms with Crippen LogP contribution in [-0.2, 0) is 12.8 Å². The third-order valence-electron chi connectivity index (χ3n) is 3.61. The number of fused-ring (bicyclic) bond motifs is 1. The molecule has 1 heterocycles. The first kappa shape index (κ1) is 16.0. The van der Waals surface area contributed by atoms with Gasteiger partial charge in [0.2, 0.25) is 0 Å². The molecule has 1 aliphatic rings. The van der Waals surface area contributed by atoms with Gasteiger partial charge in [-0.05, 0) is 49.5 Å². The molecule has 3 nitrogen and oxygen atoms in total. The van der Waals surface area contributed by atoms with Crippen LogP contribution in [0.1, 0.15) is 23.9 Å². The SMILES string of the molecule is CC1CCc2nc(NC(=S)Nc3cccc(Cl)c3Cl)sc2C1. The van der Waals surface area contributed by atoms with E-state index < -0.39 is 0 Å². The van der Waals surface area contributed by atoms with Crippen molar-refractivity contribution in [3.63, 3.8) is 0 Å². The van der Waals surface area contributed by atoms with Crippen molar-refractivity contribution in [3.8, 4) is 0 Å². The van der Waals surface area contributed by atoms with Crippen molar-refractivity contribution in [2.24, 2.45) is 5.92 Å². The monoisotopic (exact) mass is 371 g/mol. The maximum absolute atomic E-state index is 6.14. The van der Waals surface area contributed by atoms with Crippen LogP contribution in [0.2, 0.25) is 10.0 Å². The molecule has 7 heteroatoms. The van der Waals surface area contributed by atoms with E-state index in [0.717, 1.165) is 23.9 Å². The highest BCUT2D eigenvalue weighted by atomic mass is 35.5. The number of anilines is 2. The van der Waals surface area contributed by atoms with E-state index >= 15 is 0 Å². The number of aromatic nitrogens is 1. The molecular formula is C15H15Cl2N3S2. The van der Waals surface area contributed by atoms with Crippen LogP contribution in [0.5, 0.6) is 0 Å². The van der Waals surface area contributed by atoms with Crippen LogP contribution in [0.15, 0.2) is 18.2 Å². The molecule has 3 rings (SSSR count). The lowest BCUT2D eigenvalue weighted by Crippen LogP contribution is -2.19. The van der Waals surface area contributed by atoms with Crippen molar-refractivity contribution in [1.29, 1.82) is 0 Å². The average Bonchev–Trinajstić information content (AvgIpc) is 2.85. The highest BCUT2D eigenvalue weighted by molar-refractivity contribution is 7.80. The van der Waals surface area contributed by atoms with Gasteiger partial charge < -0.3 is 10.6 Å². The number of hydrogen-bond acceptors (Lipinski definition) is 3. The molecule has 116 valence electrons. The van der Waals surface area contributed by atoms with E-state index in [-0.39, 0.29) is 0 Å². The van der Waals surface area contributed by atoms with Crippen LogP contribution in [-0.4, -0.2) is 10.1 Å². The first-order chi connectivity index (χ1) is 10.5. The molecule has 1 aromatic heterocycles. The van der Waals surface area contributed by atoms with Crippen molar-refractivity contribution in [2.45, 2.75) is 26.2 Å². The summed E-state index contributed by atoms with van der Waals surface area (Å²) in [6.45, 7) is 2.28. The van der Waals surface area contributed by atoms with Gasteiger partial charge in [0.05, 0.1) is 21.4 Å². The van der Waals surface area contributed by atoms with Crippen LogP contribution in [0.25, 0.3) is 0 Å². The molecule has 2 N–H and O–H groups in total. The normalized spacial score (nSPS) is 17.0. The quantitative estimate of drug-likeness (QED) is 0.694. The van der Waals surface area contributed by atoms with E-state index in [1.807, 2.05) is 12.1 Å². The van der Waals surface area contributed by atoms with E-state index in [2.05, 4.69) is 22.5 Å². The highest BCUT2D eigenvalue weighted by Gasteiger charge is 2.20.